The van der Waals surface area contributed by atoms with Gasteiger partial charge in [0.15, 0.2) is 0 Å². The Balaban J connectivity index is 1.20. The maximum atomic E-state index is 14.4. The molecule has 7 atom stereocenters. The van der Waals surface area contributed by atoms with Crippen LogP contribution in [0.25, 0.3) is 10.9 Å². The summed E-state index contributed by atoms with van der Waals surface area (Å²) in [6, 6.07) is 5.13. The number of aromatic amines is 1. The summed E-state index contributed by atoms with van der Waals surface area (Å²) in [4.78, 5) is 50.8. The fraction of sp³-hybridized carbons (Fsp3) is 0.656. The van der Waals surface area contributed by atoms with Gasteiger partial charge in [-0.25, -0.2) is 0 Å². The van der Waals surface area contributed by atoms with Crippen molar-refractivity contribution in [3.05, 3.63) is 35.5 Å². The van der Waals surface area contributed by atoms with Crippen molar-refractivity contribution in [3.8, 4) is 0 Å². The van der Waals surface area contributed by atoms with Gasteiger partial charge in [0.25, 0.3) is 11.8 Å². The van der Waals surface area contributed by atoms with Crippen LogP contribution in [0.3, 0.4) is 0 Å². The topological polar surface area (TPSA) is 118 Å². The van der Waals surface area contributed by atoms with Crippen LogP contribution in [0.15, 0.2) is 24.4 Å². The molecule has 4 aliphatic heterocycles. The second-order valence-corrected chi connectivity index (χ2v) is 14.0. The number of hydrogen-bond donors (Lipinski definition) is 3. The molecule has 1 aromatic carbocycles. The number of rotatable bonds is 5. The van der Waals surface area contributed by atoms with Gasteiger partial charge in [-0.2, -0.15) is 0 Å². The number of aliphatic hydroxyl groups is 1. The molecule has 4 saturated heterocycles. The predicted octanol–water partition coefficient (Wildman–Crippen LogP) is 2.52. The molecule has 0 unspecified atom stereocenters. The van der Waals surface area contributed by atoms with Crippen LogP contribution in [-0.2, 0) is 25.5 Å². The predicted molar refractivity (Wildman–Crippen MR) is 156 cm³/mol. The van der Waals surface area contributed by atoms with Gasteiger partial charge < -0.3 is 25.2 Å². The van der Waals surface area contributed by atoms with Gasteiger partial charge in [-0.1, -0.05) is 39.8 Å². The number of carbonyl (C=O) groups is 3. The minimum atomic E-state index is -1.99. The summed E-state index contributed by atoms with van der Waals surface area (Å²) in [5.74, 6) is -3.48. The molecule has 42 heavy (non-hydrogen) atoms. The normalized spacial score (nSPS) is 36.1. The Labute approximate surface area is 246 Å². The molecule has 7 rings (SSSR count). The van der Waals surface area contributed by atoms with Crippen LogP contribution in [0.5, 0.6) is 0 Å². The summed E-state index contributed by atoms with van der Waals surface area (Å²) in [5, 5.41) is 16.4. The lowest BCUT2D eigenvalue weighted by Gasteiger charge is -2.49. The Morgan fingerprint density at radius 3 is 2.76 bits per heavy atom. The third kappa shape index (κ3) is 3.77. The van der Waals surface area contributed by atoms with Crippen LogP contribution in [0.4, 0.5) is 0 Å². The molecule has 3 amide bonds. The summed E-state index contributed by atoms with van der Waals surface area (Å²) in [5.41, 5.74) is 1.93. The van der Waals surface area contributed by atoms with E-state index in [2.05, 4.69) is 46.6 Å². The number of aromatic nitrogens is 1. The van der Waals surface area contributed by atoms with E-state index in [1.54, 1.807) is 4.90 Å². The van der Waals surface area contributed by atoms with Crippen molar-refractivity contribution >= 4 is 28.6 Å². The quantitative estimate of drug-likeness (QED) is 0.503. The molecule has 3 N–H and O–H groups in total. The van der Waals surface area contributed by atoms with Crippen LogP contribution in [0.1, 0.15) is 70.4 Å². The number of fused-ring (bicyclic) bond motifs is 5. The summed E-state index contributed by atoms with van der Waals surface area (Å²) in [6.07, 6.45) is 5.36. The largest absolute Gasteiger partial charge is 0.361 e. The second kappa shape index (κ2) is 9.53. The highest BCUT2D eigenvalue weighted by Crippen LogP contribution is 2.49. The highest BCUT2D eigenvalue weighted by Gasteiger charge is 2.72. The number of H-pyrrole nitrogens is 1. The third-order valence-corrected chi connectivity index (χ3v) is 10.7. The van der Waals surface area contributed by atoms with Gasteiger partial charge in [0.1, 0.15) is 12.1 Å². The zero-order valence-corrected chi connectivity index (χ0v) is 25.2. The first-order valence-electron chi connectivity index (χ1n) is 15.6. The van der Waals surface area contributed by atoms with E-state index < -0.39 is 35.5 Å². The van der Waals surface area contributed by atoms with E-state index in [1.807, 2.05) is 27.7 Å². The maximum Gasteiger partial charge on any atom is 0.281 e. The second-order valence-electron chi connectivity index (χ2n) is 14.0. The van der Waals surface area contributed by atoms with Crippen LogP contribution in [-0.4, -0.2) is 92.4 Å². The minimum absolute atomic E-state index is 0.116. The van der Waals surface area contributed by atoms with Gasteiger partial charge in [0, 0.05) is 48.1 Å². The Hall–Kier alpha value is -2.95. The Morgan fingerprint density at radius 2 is 2.02 bits per heavy atom. The number of benzene rings is 1. The first kappa shape index (κ1) is 27.9. The van der Waals surface area contributed by atoms with Crippen molar-refractivity contribution in [3.63, 3.8) is 0 Å². The van der Waals surface area contributed by atoms with Crippen molar-refractivity contribution in [2.75, 3.05) is 20.1 Å². The molecule has 1 aromatic heterocycles. The Kier molecular flexibility index (Phi) is 6.32. The van der Waals surface area contributed by atoms with Gasteiger partial charge >= 0.3 is 0 Å². The van der Waals surface area contributed by atoms with E-state index in [0.29, 0.717) is 32.4 Å². The van der Waals surface area contributed by atoms with Crippen molar-refractivity contribution in [1.29, 1.82) is 0 Å². The van der Waals surface area contributed by atoms with Crippen molar-refractivity contribution in [1.82, 2.24) is 25.0 Å². The zero-order chi connectivity index (χ0) is 29.7. The number of piperazine rings is 1. The number of piperidine rings is 1. The minimum Gasteiger partial charge on any atom is -0.361 e. The van der Waals surface area contributed by atoms with E-state index in [1.165, 1.54) is 21.4 Å². The monoisotopic (exact) mass is 577 g/mol. The fourth-order valence-corrected chi connectivity index (χ4v) is 8.63. The Morgan fingerprint density at radius 1 is 1.24 bits per heavy atom. The molecule has 226 valence electrons. The summed E-state index contributed by atoms with van der Waals surface area (Å²) in [7, 11) is 2.07. The Bertz CT molecular complexity index is 1450. The van der Waals surface area contributed by atoms with Crippen LogP contribution in [0, 0.1) is 17.8 Å². The average molecular weight is 578 g/mol. The molecule has 0 saturated carbocycles. The number of nitrogens with one attached hydrogen (secondary N) is 2. The number of amides is 3. The molecule has 5 heterocycles. The van der Waals surface area contributed by atoms with Crippen molar-refractivity contribution < 1.29 is 24.2 Å². The fourth-order valence-electron chi connectivity index (χ4n) is 8.63. The SMILES string of the molecule is CC(C)C[C@H]1C(=O)N2CCC[C@H]2[C@]2(O)O[C@@](NC(=O)[C@@H]3C[C@@H]4c5cccc6[nH]cc(c56)C[C@H]4N(C)C3)(C(C)C)C(=O)N12. The molecule has 1 aliphatic carbocycles. The highest BCUT2D eigenvalue weighted by atomic mass is 16.7. The zero-order valence-electron chi connectivity index (χ0n) is 25.2. The molecule has 2 aromatic rings. The van der Waals surface area contributed by atoms with E-state index in [9.17, 15) is 19.5 Å². The highest BCUT2D eigenvalue weighted by molar-refractivity contribution is 5.97. The molecule has 4 fully saturated rings. The lowest BCUT2D eigenvalue weighted by molar-refractivity contribution is -0.322. The van der Waals surface area contributed by atoms with E-state index in [0.717, 1.165) is 18.4 Å². The molecule has 5 aliphatic rings. The average Bonchev–Trinajstić information content (AvgIpc) is 3.65. The summed E-state index contributed by atoms with van der Waals surface area (Å²) >= 11 is 0. The molecule has 0 bridgehead atoms. The van der Waals surface area contributed by atoms with E-state index in [-0.39, 0.29) is 35.6 Å². The number of carbonyl (C=O) groups excluding carboxylic acids is 3. The number of nitrogens with zero attached hydrogens (tertiary/aromatic N) is 3. The van der Waals surface area contributed by atoms with Crippen LogP contribution in [0.2, 0.25) is 0 Å². The van der Waals surface area contributed by atoms with Crippen LogP contribution >= 0.6 is 0 Å². The van der Waals surface area contributed by atoms with Crippen molar-refractivity contribution in [2.45, 2.75) is 95.5 Å². The molecule has 10 nitrogen and oxygen atoms in total. The van der Waals surface area contributed by atoms with Crippen molar-refractivity contribution in [2.24, 2.45) is 17.8 Å². The van der Waals surface area contributed by atoms with Gasteiger partial charge in [-0.3, -0.25) is 24.0 Å². The molecular formula is C32H43N5O5. The lowest BCUT2D eigenvalue weighted by Crippen LogP contribution is -2.71. The number of hydrogen-bond acceptors (Lipinski definition) is 6. The summed E-state index contributed by atoms with van der Waals surface area (Å²) < 4.78 is 6.45. The van der Waals surface area contributed by atoms with Gasteiger partial charge in [-0.15, -0.1) is 0 Å². The van der Waals surface area contributed by atoms with E-state index >= 15 is 0 Å². The molecule has 0 radical (unpaired) electrons. The number of likely N-dealkylation sites (tertiary alicyclic amines) is 1. The lowest BCUT2D eigenvalue weighted by atomic mass is 9.72. The summed E-state index contributed by atoms with van der Waals surface area (Å²) in [6.45, 7) is 8.73. The third-order valence-electron chi connectivity index (χ3n) is 10.7. The van der Waals surface area contributed by atoms with Gasteiger partial charge in [-0.05, 0) is 62.3 Å². The maximum absolute atomic E-state index is 14.4. The molecule has 10 heteroatoms. The molecule has 0 spiro atoms. The number of ether oxygens (including phenoxy) is 1. The first-order chi connectivity index (χ1) is 20.0. The number of likely N-dealkylation sites (N-methyl/N-ethyl adjacent to an activating group) is 1. The van der Waals surface area contributed by atoms with Crippen LogP contribution < -0.4 is 5.32 Å². The van der Waals surface area contributed by atoms with E-state index in [4.69, 9.17) is 4.74 Å². The first-order valence-corrected chi connectivity index (χ1v) is 15.6. The smallest absolute Gasteiger partial charge is 0.281 e. The van der Waals surface area contributed by atoms with Gasteiger partial charge in [0.2, 0.25) is 17.5 Å². The standard InChI is InChI=1S/C32H43N5O5/c1-17(2)12-25-29(39)36-11-7-10-26(36)32(41)37(25)30(40)31(42-32,18(3)4)34-28(38)20-13-22-21-8-6-9-23-27(21)19(15-33-23)14-24(22)35(5)16-20/h6,8-9,15,17-18,20,22,24-26,33,41H,7,10-14,16H2,1-5H3,(H,34,38)/t20-,22-,24-,25+,26+,31+,32+/m1/s1. The van der Waals surface area contributed by atoms with Gasteiger partial charge in [0.05, 0.1) is 5.92 Å². The molecular weight excluding hydrogens is 534 g/mol.